The Morgan fingerprint density at radius 3 is 1.02 bits per heavy atom. The monoisotopic (exact) mass is 1210 g/mol. The summed E-state index contributed by atoms with van der Waals surface area (Å²) >= 11 is 0. The molecule has 3 N–H and O–H groups in total. The van der Waals surface area contributed by atoms with Crippen molar-refractivity contribution in [3.8, 4) is 0 Å². The molecular formula is C76H144N2O6P+. The zero-order chi connectivity index (χ0) is 61.9. The summed E-state index contributed by atoms with van der Waals surface area (Å²) < 4.78 is 23.8. The van der Waals surface area contributed by atoms with Crippen LogP contribution in [0, 0.1) is 0 Å². The minimum atomic E-state index is -4.37. The quantitative estimate of drug-likeness (QED) is 0.0243. The summed E-state index contributed by atoms with van der Waals surface area (Å²) in [6.07, 6.45) is 93.6. The molecule has 0 aliphatic heterocycles. The Bertz CT molecular complexity index is 1620. The first kappa shape index (κ1) is 82.9. The van der Waals surface area contributed by atoms with Crippen LogP contribution in [0.2, 0.25) is 0 Å². The fraction of sp³-hybridized carbons (Fsp3) is 0.829. The maximum atomic E-state index is 13.1. The van der Waals surface area contributed by atoms with Crippen molar-refractivity contribution in [3.63, 3.8) is 0 Å². The molecule has 85 heavy (non-hydrogen) atoms. The van der Waals surface area contributed by atoms with E-state index in [1.165, 1.54) is 276 Å². The van der Waals surface area contributed by atoms with E-state index >= 15 is 0 Å². The number of aliphatic hydroxyl groups excluding tert-OH is 1. The summed E-state index contributed by atoms with van der Waals surface area (Å²) in [5, 5.41) is 14.0. The van der Waals surface area contributed by atoms with Crippen LogP contribution in [0.4, 0.5) is 0 Å². The molecule has 3 atom stereocenters. The molecule has 0 rings (SSSR count). The molecule has 0 aliphatic rings. The van der Waals surface area contributed by atoms with Gasteiger partial charge in [0.05, 0.1) is 39.9 Å². The average Bonchev–Trinajstić information content (AvgIpc) is 3.48. The van der Waals surface area contributed by atoms with Crippen LogP contribution in [-0.2, 0) is 18.4 Å². The Balaban J connectivity index is 4.07. The van der Waals surface area contributed by atoms with Crippen molar-refractivity contribution < 1.29 is 32.9 Å². The Kier molecular flexibility index (Phi) is 64.8. The molecule has 0 fully saturated rings. The number of amides is 1. The second-order valence-corrected chi connectivity index (χ2v) is 27.8. The average molecular weight is 1210 g/mol. The first-order valence-electron chi connectivity index (χ1n) is 36.8. The van der Waals surface area contributed by atoms with Crippen LogP contribution in [0.3, 0.4) is 0 Å². The fourth-order valence-corrected chi connectivity index (χ4v) is 11.6. The molecule has 0 saturated carbocycles. The molecule has 1 amide bonds. The van der Waals surface area contributed by atoms with E-state index in [1.807, 2.05) is 27.2 Å². The van der Waals surface area contributed by atoms with Gasteiger partial charge >= 0.3 is 7.82 Å². The molecule has 0 aliphatic carbocycles. The Labute approximate surface area is 529 Å². The summed E-state index contributed by atoms with van der Waals surface area (Å²) in [5.74, 6) is -0.186. The van der Waals surface area contributed by atoms with Crippen molar-refractivity contribution in [1.29, 1.82) is 0 Å². The van der Waals surface area contributed by atoms with Gasteiger partial charge in [-0.25, -0.2) is 4.57 Å². The molecule has 0 heterocycles. The van der Waals surface area contributed by atoms with Gasteiger partial charge in [-0.3, -0.25) is 13.8 Å². The third-order valence-electron chi connectivity index (χ3n) is 16.6. The highest BCUT2D eigenvalue weighted by molar-refractivity contribution is 7.47. The predicted octanol–water partition coefficient (Wildman–Crippen LogP) is 23.7. The second kappa shape index (κ2) is 66.4. The molecular weight excluding hydrogens is 1070 g/mol. The zero-order valence-corrected chi connectivity index (χ0v) is 58.0. The van der Waals surface area contributed by atoms with Crippen LogP contribution >= 0.6 is 7.82 Å². The number of hydrogen-bond donors (Lipinski definition) is 3. The van der Waals surface area contributed by atoms with Gasteiger partial charge in [0.1, 0.15) is 13.2 Å². The molecule has 498 valence electrons. The summed E-state index contributed by atoms with van der Waals surface area (Å²) in [6, 6.07) is -0.873. The molecule has 3 unspecified atom stereocenters. The van der Waals surface area contributed by atoms with Gasteiger partial charge in [-0.15, -0.1) is 0 Å². The number of likely N-dealkylation sites (N-methyl/N-ethyl adjacent to an activating group) is 1. The normalized spacial score (nSPS) is 14.0. The minimum absolute atomic E-state index is 0.0529. The van der Waals surface area contributed by atoms with Gasteiger partial charge in [0.2, 0.25) is 5.91 Å². The molecule has 0 saturated heterocycles. The van der Waals surface area contributed by atoms with Gasteiger partial charge in [-0.1, -0.05) is 337 Å². The van der Waals surface area contributed by atoms with Crippen LogP contribution < -0.4 is 5.32 Å². The van der Waals surface area contributed by atoms with E-state index < -0.39 is 20.0 Å². The molecule has 0 aromatic rings. The molecule has 0 aromatic heterocycles. The summed E-state index contributed by atoms with van der Waals surface area (Å²) in [6.45, 7) is 4.82. The number of hydrogen-bond acceptors (Lipinski definition) is 5. The van der Waals surface area contributed by atoms with Gasteiger partial charge in [0, 0.05) is 6.42 Å². The fourth-order valence-electron chi connectivity index (χ4n) is 10.9. The number of phosphoric acid groups is 1. The van der Waals surface area contributed by atoms with Crippen LogP contribution in [-0.4, -0.2) is 73.4 Å². The maximum absolute atomic E-state index is 13.1. The third kappa shape index (κ3) is 69.3. The number of carbonyl (C=O) groups excluding carboxylic acids is 1. The lowest BCUT2D eigenvalue weighted by Gasteiger charge is -2.25. The molecule has 0 spiro atoms. The van der Waals surface area contributed by atoms with Crippen LogP contribution in [0.15, 0.2) is 72.9 Å². The Morgan fingerprint density at radius 2 is 0.682 bits per heavy atom. The summed E-state index contributed by atoms with van der Waals surface area (Å²) in [7, 11) is 1.55. The van der Waals surface area contributed by atoms with Gasteiger partial charge in [0.25, 0.3) is 0 Å². The van der Waals surface area contributed by atoms with Crippen LogP contribution in [0.5, 0.6) is 0 Å². The second-order valence-electron chi connectivity index (χ2n) is 26.3. The molecule has 0 aromatic carbocycles. The lowest BCUT2D eigenvalue weighted by atomic mass is 10.0. The topological polar surface area (TPSA) is 105 Å². The summed E-state index contributed by atoms with van der Waals surface area (Å²) in [4.78, 5) is 23.4. The maximum Gasteiger partial charge on any atom is 0.472 e. The Morgan fingerprint density at radius 1 is 0.400 bits per heavy atom. The van der Waals surface area contributed by atoms with Gasteiger partial charge < -0.3 is 19.8 Å². The first-order chi connectivity index (χ1) is 41.5. The standard InChI is InChI=1S/C76H143N2O6P/c1-6-8-10-12-14-16-18-20-22-24-26-28-30-32-34-36-37-38-39-40-41-42-44-46-48-50-52-54-56-58-60-62-64-66-68-70-76(80)77-74(73-84-85(81,82)83-72-71-78(3,4)5)75(79)69-67-65-63-61-59-57-55-53-51-49-47-45-43-35-33-31-29-27-25-23-21-19-17-15-13-11-9-7-2/h18,20,24,26,30,32,51,53,59,61,67,69,74-75,79H,6-17,19,21-23,25,27-29,31,33-50,52,54-58,60,62-66,68,70-73H2,1-5H3,(H-,77,80,81,82)/p+1/b20-18-,26-24-,32-30-,53-51+,61-59+,69-67+. The SMILES string of the molecule is CCCCCCC/C=C\C/C=C\C/C=C\CCCCCCCCCCCCCCCCCCCCCCC(=O)NC(COP(=O)(O)OCC[N+](C)(C)C)C(O)/C=C/CC/C=C/CC/C=C/CCCCCCCCCCCCCCCCCCCC. The smallest absolute Gasteiger partial charge is 0.387 e. The van der Waals surface area contributed by atoms with Gasteiger partial charge in [-0.2, -0.15) is 0 Å². The lowest BCUT2D eigenvalue weighted by molar-refractivity contribution is -0.870. The molecule has 9 heteroatoms. The number of quaternary nitrogens is 1. The number of phosphoric ester groups is 1. The molecule has 0 radical (unpaired) electrons. The van der Waals surface area contributed by atoms with Crippen LogP contribution in [0.25, 0.3) is 0 Å². The number of nitrogens with zero attached hydrogens (tertiary/aromatic N) is 1. The largest absolute Gasteiger partial charge is 0.472 e. The highest BCUT2D eigenvalue weighted by Crippen LogP contribution is 2.43. The Hall–Kier alpha value is -2.06. The van der Waals surface area contributed by atoms with Crippen molar-refractivity contribution in [2.75, 3.05) is 40.9 Å². The first-order valence-corrected chi connectivity index (χ1v) is 38.3. The minimum Gasteiger partial charge on any atom is -0.387 e. The third-order valence-corrected chi connectivity index (χ3v) is 17.6. The number of nitrogens with one attached hydrogen (secondary N) is 1. The number of unbranched alkanes of at least 4 members (excludes halogenated alkanes) is 45. The summed E-state index contributed by atoms with van der Waals surface area (Å²) in [5.41, 5.74) is 0. The lowest BCUT2D eigenvalue weighted by Crippen LogP contribution is -2.45. The van der Waals surface area contributed by atoms with E-state index in [9.17, 15) is 19.4 Å². The van der Waals surface area contributed by atoms with Gasteiger partial charge in [-0.05, 0) is 83.5 Å². The van der Waals surface area contributed by atoms with Crippen LogP contribution in [0.1, 0.15) is 354 Å². The number of rotatable bonds is 68. The van der Waals surface area contributed by atoms with Crippen molar-refractivity contribution in [3.05, 3.63) is 72.9 Å². The predicted molar refractivity (Wildman–Crippen MR) is 373 cm³/mol. The number of aliphatic hydroxyl groups is 1. The number of allylic oxidation sites excluding steroid dienone is 11. The van der Waals surface area contributed by atoms with E-state index in [-0.39, 0.29) is 19.1 Å². The molecule has 0 bridgehead atoms. The van der Waals surface area contributed by atoms with Gasteiger partial charge in [0.15, 0.2) is 0 Å². The van der Waals surface area contributed by atoms with Crippen molar-refractivity contribution in [2.45, 2.75) is 366 Å². The van der Waals surface area contributed by atoms with Crippen molar-refractivity contribution in [2.24, 2.45) is 0 Å². The van der Waals surface area contributed by atoms with E-state index in [0.717, 1.165) is 57.8 Å². The molecule has 8 nitrogen and oxygen atoms in total. The highest BCUT2D eigenvalue weighted by Gasteiger charge is 2.28. The van der Waals surface area contributed by atoms with E-state index in [4.69, 9.17) is 9.05 Å². The van der Waals surface area contributed by atoms with E-state index in [1.54, 1.807) is 6.08 Å². The zero-order valence-electron chi connectivity index (χ0n) is 57.1. The number of carbonyl (C=O) groups is 1. The highest BCUT2D eigenvalue weighted by atomic mass is 31.2. The van der Waals surface area contributed by atoms with E-state index in [0.29, 0.717) is 17.4 Å². The van der Waals surface area contributed by atoms with Crippen molar-refractivity contribution >= 4 is 13.7 Å². The van der Waals surface area contributed by atoms with E-state index in [2.05, 4.69) is 79.9 Å². The van der Waals surface area contributed by atoms with Crippen molar-refractivity contribution in [1.82, 2.24) is 5.32 Å².